The molecule has 2 N–H and O–H groups in total. The molecule has 1 aliphatic heterocycles. The Bertz CT molecular complexity index is 268. The zero-order chi connectivity index (χ0) is 8.39. The molecule has 64 valence electrons. The smallest absolute Gasteiger partial charge is 0.263 e. The molecule has 0 spiro atoms. The third-order valence-corrected chi connectivity index (χ3v) is 2.54. The van der Waals surface area contributed by atoms with E-state index < -0.39 is 0 Å². The van der Waals surface area contributed by atoms with E-state index in [2.05, 4.69) is 15.6 Å². The molecule has 4 nitrogen and oxygen atoms in total. The van der Waals surface area contributed by atoms with Crippen molar-refractivity contribution in [3.63, 3.8) is 0 Å². The lowest BCUT2D eigenvalue weighted by Crippen LogP contribution is -2.56. The minimum Gasteiger partial charge on any atom is -0.346 e. The third kappa shape index (κ3) is 1.46. The van der Waals surface area contributed by atoms with Gasteiger partial charge in [0.2, 0.25) is 0 Å². The first-order valence-electron chi connectivity index (χ1n) is 3.76. The zero-order valence-electron chi connectivity index (χ0n) is 6.41. The van der Waals surface area contributed by atoms with E-state index in [9.17, 15) is 4.79 Å². The highest BCUT2D eigenvalue weighted by molar-refractivity contribution is 7.11. The molecule has 0 saturated carbocycles. The minimum atomic E-state index is -0.0102. The van der Waals surface area contributed by atoms with Crippen molar-refractivity contribution < 1.29 is 4.79 Å². The second-order valence-electron chi connectivity index (χ2n) is 2.69. The lowest BCUT2D eigenvalue weighted by Gasteiger charge is -2.27. The van der Waals surface area contributed by atoms with Gasteiger partial charge < -0.3 is 10.6 Å². The summed E-state index contributed by atoms with van der Waals surface area (Å²) in [6.07, 6.45) is 1.59. The van der Waals surface area contributed by atoms with E-state index >= 15 is 0 Å². The van der Waals surface area contributed by atoms with E-state index in [1.807, 2.05) is 0 Å². The van der Waals surface area contributed by atoms with Gasteiger partial charge in [0.25, 0.3) is 5.91 Å². The van der Waals surface area contributed by atoms with Gasteiger partial charge in [0.05, 0.1) is 17.7 Å². The maximum atomic E-state index is 11.3. The molecular weight excluding hydrogens is 174 g/mol. The summed E-state index contributed by atoms with van der Waals surface area (Å²) in [5, 5.41) is 5.97. The quantitative estimate of drug-likeness (QED) is 0.670. The second-order valence-corrected chi connectivity index (χ2v) is 3.58. The van der Waals surface area contributed by atoms with Gasteiger partial charge in [-0.2, -0.15) is 0 Å². The lowest BCUT2D eigenvalue weighted by molar-refractivity contribution is 0.0928. The van der Waals surface area contributed by atoms with E-state index in [0.717, 1.165) is 13.1 Å². The first kappa shape index (κ1) is 7.70. The molecule has 1 fully saturated rings. The van der Waals surface area contributed by atoms with Crippen molar-refractivity contribution in [3.05, 3.63) is 16.6 Å². The highest BCUT2D eigenvalue weighted by atomic mass is 32.1. The molecule has 2 rings (SSSR count). The first-order chi connectivity index (χ1) is 5.86. The van der Waals surface area contributed by atoms with Crippen LogP contribution < -0.4 is 10.6 Å². The topological polar surface area (TPSA) is 54.0 Å². The number of rotatable bonds is 2. The third-order valence-electron chi connectivity index (χ3n) is 1.77. The van der Waals surface area contributed by atoms with Crippen LogP contribution in [0.3, 0.4) is 0 Å². The molecule has 5 heteroatoms. The summed E-state index contributed by atoms with van der Waals surface area (Å²) in [6, 6.07) is 0.305. The monoisotopic (exact) mass is 183 g/mol. The predicted octanol–water partition coefficient (Wildman–Crippen LogP) is -0.155. The summed E-state index contributed by atoms with van der Waals surface area (Å²) in [5.74, 6) is -0.0102. The lowest BCUT2D eigenvalue weighted by atomic mass is 10.2. The Balaban J connectivity index is 1.92. The number of carbonyl (C=O) groups excluding carboxylic acids is 1. The first-order valence-corrected chi connectivity index (χ1v) is 4.64. The van der Waals surface area contributed by atoms with Crippen LogP contribution in [0.15, 0.2) is 11.7 Å². The fourth-order valence-electron chi connectivity index (χ4n) is 0.975. The van der Waals surface area contributed by atoms with Crippen LogP contribution in [0, 0.1) is 0 Å². The molecule has 0 atom stereocenters. The van der Waals surface area contributed by atoms with Crippen LogP contribution in [-0.4, -0.2) is 30.0 Å². The average Bonchev–Trinajstić information content (AvgIpc) is 2.47. The Kier molecular flexibility index (Phi) is 2.05. The molecule has 0 radical (unpaired) electrons. The number of carbonyl (C=O) groups is 1. The second kappa shape index (κ2) is 3.20. The normalized spacial score (nSPS) is 17.0. The molecule has 1 aliphatic rings. The number of nitrogens with zero attached hydrogens (tertiary/aromatic N) is 1. The summed E-state index contributed by atoms with van der Waals surface area (Å²) in [7, 11) is 0. The van der Waals surface area contributed by atoms with Crippen LogP contribution in [0.4, 0.5) is 0 Å². The van der Waals surface area contributed by atoms with E-state index in [0.29, 0.717) is 10.9 Å². The van der Waals surface area contributed by atoms with Crippen molar-refractivity contribution in [1.29, 1.82) is 0 Å². The molecule has 0 bridgehead atoms. The van der Waals surface area contributed by atoms with Crippen molar-refractivity contribution in [3.8, 4) is 0 Å². The van der Waals surface area contributed by atoms with Gasteiger partial charge >= 0.3 is 0 Å². The number of hydrogen-bond acceptors (Lipinski definition) is 4. The average molecular weight is 183 g/mol. The number of thiazole rings is 1. The van der Waals surface area contributed by atoms with Crippen molar-refractivity contribution in [2.45, 2.75) is 6.04 Å². The van der Waals surface area contributed by atoms with Crippen molar-refractivity contribution in [1.82, 2.24) is 15.6 Å². The summed E-state index contributed by atoms with van der Waals surface area (Å²) >= 11 is 1.36. The van der Waals surface area contributed by atoms with Crippen molar-refractivity contribution >= 4 is 17.2 Å². The van der Waals surface area contributed by atoms with Crippen LogP contribution >= 0.6 is 11.3 Å². The standard InChI is InChI=1S/C7H9N3OS/c11-7(6-3-9-4-12-6)10-5-1-8-2-5/h3-5,8H,1-2H2,(H,10,11). The van der Waals surface area contributed by atoms with Gasteiger partial charge in [0.1, 0.15) is 4.88 Å². The number of aromatic nitrogens is 1. The molecular formula is C7H9N3OS. The molecule has 1 saturated heterocycles. The summed E-state index contributed by atoms with van der Waals surface area (Å²) in [5.41, 5.74) is 1.66. The molecule has 2 heterocycles. The molecule has 0 unspecified atom stereocenters. The minimum absolute atomic E-state index is 0.0102. The predicted molar refractivity (Wildman–Crippen MR) is 46.2 cm³/mol. The molecule has 1 aromatic heterocycles. The SMILES string of the molecule is O=C(NC1CNC1)c1cncs1. The Labute approximate surface area is 74.0 Å². The summed E-state index contributed by atoms with van der Waals surface area (Å²) < 4.78 is 0. The van der Waals surface area contributed by atoms with E-state index in [4.69, 9.17) is 0 Å². The molecule has 0 aromatic carbocycles. The maximum absolute atomic E-state index is 11.3. The van der Waals surface area contributed by atoms with Crippen LogP contribution in [0.2, 0.25) is 0 Å². The molecule has 0 aliphatic carbocycles. The van der Waals surface area contributed by atoms with Crippen molar-refractivity contribution in [2.75, 3.05) is 13.1 Å². The molecule has 12 heavy (non-hydrogen) atoms. The fourth-order valence-corrected chi connectivity index (χ4v) is 1.50. The zero-order valence-corrected chi connectivity index (χ0v) is 7.23. The molecule has 1 amide bonds. The Hall–Kier alpha value is -0.940. The van der Waals surface area contributed by atoms with Gasteiger partial charge in [0.15, 0.2) is 0 Å². The van der Waals surface area contributed by atoms with Crippen LogP contribution in [0.1, 0.15) is 9.67 Å². The largest absolute Gasteiger partial charge is 0.346 e. The van der Waals surface area contributed by atoms with Crippen LogP contribution in [0.5, 0.6) is 0 Å². The highest BCUT2D eigenvalue weighted by Crippen LogP contribution is 2.05. The number of hydrogen-bond donors (Lipinski definition) is 2. The number of nitrogens with one attached hydrogen (secondary N) is 2. The van der Waals surface area contributed by atoms with Gasteiger partial charge in [-0.3, -0.25) is 9.78 Å². The Morgan fingerprint density at radius 1 is 1.75 bits per heavy atom. The van der Waals surface area contributed by atoms with E-state index in [1.165, 1.54) is 11.3 Å². The Morgan fingerprint density at radius 2 is 2.58 bits per heavy atom. The van der Waals surface area contributed by atoms with E-state index in [-0.39, 0.29) is 5.91 Å². The van der Waals surface area contributed by atoms with Gasteiger partial charge in [-0.25, -0.2) is 0 Å². The van der Waals surface area contributed by atoms with Gasteiger partial charge in [0, 0.05) is 13.1 Å². The number of amides is 1. The van der Waals surface area contributed by atoms with Crippen LogP contribution in [-0.2, 0) is 0 Å². The highest BCUT2D eigenvalue weighted by Gasteiger charge is 2.19. The fraction of sp³-hybridized carbons (Fsp3) is 0.429. The van der Waals surface area contributed by atoms with Crippen LogP contribution in [0.25, 0.3) is 0 Å². The van der Waals surface area contributed by atoms with Gasteiger partial charge in [-0.1, -0.05) is 0 Å². The molecule has 1 aromatic rings. The van der Waals surface area contributed by atoms with Gasteiger partial charge in [-0.15, -0.1) is 11.3 Å². The van der Waals surface area contributed by atoms with Gasteiger partial charge in [-0.05, 0) is 0 Å². The Morgan fingerprint density at radius 3 is 3.08 bits per heavy atom. The summed E-state index contributed by atoms with van der Waals surface area (Å²) in [4.78, 5) is 15.9. The van der Waals surface area contributed by atoms with E-state index in [1.54, 1.807) is 11.7 Å². The summed E-state index contributed by atoms with van der Waals surface area (Å²) in [6.45, 7) is 1.76. The van der Waals surface area contributed by atoms with Crippen molar-refractivity contribution in [2.24, 2.45) is 0 Å². The maximum Gasteiger partial charge on any atom is 0.263 e.